The van der Waals surface area contributed by atoms with Gasteiger partial charge in [-0.15, -0.1) is 0 Å². The largest absolute Gasteiger partial charge is 0.481 e. The number of aryl methyl sites for hydroxylation is 2. The molecule has 122 valence electrons. The van der Waals surface area contributed by atoms with Crippen LogP contribution in [0.25, 0.3) is 0 Å². The van der Waals surface area contributed by atoms with Gasteiger partial charge in [-0.1, -0.05) is 12.1 Å². The summed E-state index contributed by atoms with van der Waals surface area (Å²) in [6, 6.07) is 7.45. The zero-order valence-corrected chi connectivity index (χ0v) is 13.8. The number of nitrogens with one attached hydrogen (secondary N) is 1. The number of rotatable bonds is 7. The molecular formula is C16H18N2O4S. The number of nitrogens with zero attached hydrogens (tertiary/aromatic N) is 1. The predicted octanol–water partition coefficient (Wildman–Crippen LogP) is 3.25. The highest BCUT2D eigenvalue weighted by molar-refractivity contribution is 7.98. The van der Waals surface area contributed by atoms with E-state index in [2.05, 4.69) is 10.3 Å². The van der Waals surface area contributed by atoms with Crippen molar-refractivity contribution >= 4 is 29.3 Å². The number of carboxylic acid groups (broad SMARTS) is 1. The molecule has 23 heavy (non-hydrogen) atoms. The minimum absolute atomic E-state index is 0.144. The van der Waals surface area contributed by atoms with Gasteiger partial charge < -0.3 is 14.8 Å². The number of carbonyl (C=O) groups excluding carboxylic acids is 1. The van der Waals surface area contributed by atoms with Crippen LogP contribution in [0.4, 0.5) is 5.69 Å². The topological polar surface area (TPSA) is 92.4 Å². The Morgan fingerprint density at radius 3 is 2.78 bits per heavy atom. The first kappa shape index (κ1) is 17.1. The number of hydrogen-bond donors (Lipinski definition) is 2. The number of amides is 1. The molecule has 1 heterocycles. The Balaban J connectivity index is 1.95. The van der Waals surface area contributed by atoms with Crippen molar-refractivity contribution in [3.63, 3.8) is 0 Å². The van der Waals surface area contributed by atoms with Gasteiger partial charge in [-0.25, -0.2) is 4.98 Å². The number of aliphatic carboxylic acids is 1. The SMILES string of the molecule is Cc1nc(C)c(C(=O)Nc2cccc(CSCCC(=O)O)c2)o1. The van der Waals surface area contributed by atoms with E-state index in [1.165, 1.54) is 0 Å². The van der Waals surface area contributed by atoms with E-state index in [9.17, 15) is 9.59 Å². The molecule has 0 unspecified atom stereocenters. The molecule has 0 aliphatic carbocycles. The third-order valence-corrected chi connectivity index (χ3v) is 4.05. The van der Waals surface area contributed by atoms with E-state index in [1.54, 1.807) is 31.7 Å². The molecule has 0 atom stereocenters. The fourth-order valence-corrected chi connectivity index (χ4v) is 2.90. The first-order valence-electron chi connectivity index (χ1n) is 7.09. The van der Waals surface area contributed by atoms with Gasteiger partial charge in [0.2, 0.25) is 5.76 Å². The number of carboxylic acids is 1. The van der Waals surface area contributed by atoms with Gasteiger partial charge in [0, 0.05) is 24.1 Å². The maximum Gasteiger partial charge on any atom is 0.304 e. The second kappa shape index (κ2) is 7.82. The summed E-state index contributed by atoms with van der Waals surface area (Å²) in [5.41, 5.74) is 2.24. The van der Waals surface area contributed by atoms with Crippen molar-refractivity contribution in [2.24, 2.45) is 0 Å². The molecule has 6 nitrogen and oxygen atoms in total. The van der Waals surface area contributed by atoms with Gasteiger partial charge >= 0.3 is 5.97 Å². The number of hydrogen-bond acceptors (Lipinski definition) is 5. The first-order chi connectivity index (χ1) is 11.0. The molecule has 0 bridgehead atoms. The highest BCUT2D eigenvalue weighted by Crippen LogP contribution is 2.18. The minimum Gasteiger partial charge on any atom is -0.481 e. The summed E-state index contributed by atoms with van der Waals surface area (Å²) in [5, 5.41) is 11.4. The van der Waals surface area contributed by atoms with Gasteiger partial charge in [0.05, 0.1) is 12.1 Å². The summed E-state index contributed by atoms with van der Waals surface area (Å²) in [6.07, 6.45) is 0.144. The van der Waals surface area contributed by atoms with Crippen LogP contribution >= 0.6 is 11.8 Å². The molecule has 0 saturated carbocycles. The van der Waals surface area contributed by atoms with Gasteiger partial charge in [-0.05, 0) is 24.6 Å². The standard InChI is InChI=1S/C16H18N2O4S/c1-10-15(22-11(2)17-10)16(21)18-13-5-3-4-12(8-13)9-23-7-6-14(19)20/h3-5,8H,6-7,9H2,1-2H3,(H,18,21)(H,19,20). The second-order valence-electron chi connectivity index (χ2n) is 5.00. The number of benzene rings is 1. The third kappa shape index (κ3) is 5.14. The van der Waals surface area contributed by atoms with Crippen LogP contribution in [0.3, 0.4) is 0 Å². The molecule has 0 saturated heterocycles. The van der Waals surface area contributed by atoms with Crippen molar-refractivity contribution in [3.8, 4) is 0 Å². The van der Waals surface area contributed by atoms with E-state index < -0.39 is 5.97 Å². The average molecular weight is 334 g/mol. The van der Waals surface area contributed by atoms with Gasteiger partial charge in [0.25, 0.3) is 5.91 Å². The quantitative estimate of drug-likeness (QED) is 0.755. The fraction of sp³-hybridized carbons (Fsp3) is 0.312. The van der Waals surface area contributed by atoms with Crippen LogP contribution in [-0.4, -0.2) is 27.7 Å². The number of thioether (sulfide) groups is 1. The number of oxazole rings is 1. The lowest BCUT2D eigenvalue weighted by atomic mass is 10.2. The smallest absolute Gasteiger partial charge is 0.304 e. The molecule has 2 rings (SSSR count). The van der Waals surface area contributed by atoms with Crippen LogP contribution in [0, 0.1) is 13.8 Å². The van der Waals surface area contributed by atoms with Crippen LogP contribution in [-0.2, 0) is 10.5 Å². The Bertz CT molecular complexity index is 712. The van der Waals surface area contributed by atoms with Crippen LogP contribution in [0.1, 0.15) is 34.1 Å². The second-order valence-corrected chi connectivity index (χ2v) is 6.10. The molecule has 0 spiro atoms. The van der Waals surface area contributed by atoms with Crippen molar-refractivity contribution in [2.75, 3.05) is 11.1 Å². The third-order valence-electron chi connectivity index (χ3n) is 3.02. The minimum atomic E-state index is -0.795. The monoisotopic (exact) mass is 334 g/mol. The predicted molar refractivity (Wildman–Crippen MR) is 88.8 cm³/mol. The summed E-state index contributed by atoms with van der Waals surface area (Å²) in [5.74, 6) is 0.787. The van der Waals surface area contributed by atoms with Crippen molar-refractivity contribution in [1.29, 1.82) is 0 Å². The van der Waals surface area contributed by atoms with Gasteiger partial charge in [0.15, 0.2) is 5.89 Å². The molecule has 0 aliphatic rings. The number of aromatic nitrogens is 1. The molecule has 0 aliphatic heterocycles. The Hall–Kier alpha value is -2.28. The van der Waals surface area contributed by atoms with E-state index in [0.717, 1.165) is 5.56 Å². The zero-order chi connectivity index (χ0) is 16.8. The molecule has 1 amide bonds. The lowest BCUT2D eigenvalue weighted by Gasteiger charge is -2.06. The molecular weight excluding hydrogens is 316 g/mol. The summed E-state index contributed by atoms with van der Waals surface area (Å²) in [7, 11) is 0. The van der Waals surface area contributed by atoms with Gasteiger partial charge in [0.1, 0.15) is 0 Å². The summed E-state index contributed by atoms with van der Waals surface area (Å²) in [6.45, 7) is 3.42. The zero-order valence-electron chi connectivity index (χ0n) is 13.0. The lowest BCUT2D eigenvalue weighted by molar-refractivity contribution is -0.136. The molecule has 2 aromatic rings. The first-order valence-corrected chi connectivity index (χ1v) is 8.25. The van der Waals surface area contributed by atoms with E-state index in [-0.39, 0.29) is 18.1 Å². The number of carbonyl (C=O) groups is 2. The average Bonchev–Trinajstić information content (AvgIpc) is 2.83. The van der Waals surface area contributed by atoms with Crippen molar-refractivity contribution in [3.05, 3.63) is 47.2 Å². The lowest BCUT2D eigenvalue weighted by Crippen LogP contribution is -2.12. The summed E-state index contributed by atoms with van der Waals surface area (Å²) in [4.78, 5) is 26.7. The molecule has 7 heteroatoms. The molecule has 0 fully saturated rings. The maximum atomic E-state index is 12.2. The van der Waals surface area contributed by atoms with Crippen molar-refractivity contribution in [2.45, 2.75) is 26.0 Å². The Morgan fingerprint density at radius 2 is 2.13 bits per heavy atom. The van der Waals surface area contributed by atoms with Gasteiger partial charge in [-0.2, -0.15) is 11.8 Å². The Morgan fingerprint density at radius 1 is 1.35 bits per heavy atom. The summed E-state index contributed by atoms with van der Waals surface area (Å²) < 4.78 is 5.30. The number of anilines is 1. The highest BCUT2D eigenvalue weighted by atomic mass is 32.2. The van der Waals surface area contributed by atoms with Crippen molar-refractivity contribution in [1.82, 2.24) is 4.98 Å². The van der Waals surface area contributed by atoms with Crippen LogP contribution in [0.15, 0.2) is 28.7 Å². The summed E-state index contributed by atoms with van der Waals surface area (Å²) >= 11 is 1.54. The Kier molecular flexibility index (Phi) is 5.81. The van der Waals surface area contributed by atoms with Crippen molar-refractivity contribution < 1.29 is 19.1 Å². The fourth-order valence-electron chi connectivity index (χ4n) is 2.02. The Labute approximate surface area is 138 Å². The van der Waals surface area contributed by atoms with E-state index >= 15 is 0 Å². The molecule has 1 aromatic carbocycles. The maximum absolute atomic E-state index is 12.2. The van der Waals surface area contributed by atoms with E-state index in [1.807, 2.05) is 18.2 Å². The van der Waals surface area contributed by atoms with Crippen LogP contribution in [0.5, 0.6) is 0 Å². The molecule has 2 N–H and O–H groups in total. The molecule has 0 radical (unpaired) electrons. The normalized spacial score (nSPS) is 10.5. The van der Waals surface area contributed by atoms with Crippen LogP contribution in [0.2, 0.25) is 0 Å². The van der Waals surface area contributed by atoms with E-state index in [0.29, 0.717) is 28.8 Å². The van der Waals surface area contributed by atoms with E-state index in [4.69, 9.17) is 9.52 Å². The highest BCUT2D eigenvalue weighted by Gasteiger charge is 2.16. The molecule has 1 aromatic heterocycles. The van der Waals surface area contributed by atoms with Gasteiger partial charge in [-0.3, -0.25) is 9.59 Å². The van der Waals surface area contributed by atoms with Crippen LogP contribution < -0.4 is 5.32 Å².